The highest BCUT2D eigenvalue weighted by Gasteiger charge is 2.12. The van der Waals surface area contributed by atoms with E-state index < -0.39 is 6.61 Å². The van der Waals surface area contributed by atoms with Gasteiger partial charge in [0.25, 0.3) is 0 Å². The number of rotatable bonds is 5. The molecular formula is C17H12ClF2NO2S. The number of fused-ring (bicyclic) bond motifs is 1. The van der Waals surface area contributed by atoms with Crippen molar-refractivity contribution >= 4 is 44.3 Å². The number of aromatic nitrogens is 1. The van der Waals surface area contributed by atoms with Crippen LogP contribution in [0.15, 0.2) is 42.5 Å². The molecule has 24 heavy (non-hydrogen) atoms. The highest BCUT2D eigenvalue weighted by Crippen LogP contribution is 2.33. The molecule has 2 aromatic carbocycles. The maximum absolute atomic E-state index is 12.5. The quantitative estimate of drug-likeness (QED) is 0.584. The van der Waals surface area contributed by atoms with Gasteiger partial charge < -0.3 is 9.47 Å². The summed E-state index contributed by atoms with van der Waals surface area (Å²) in [5.41, 5.74) is 1.47. The van der Waals surface area contributed by atoms with Crippen LogP contribution in [0.1, 0.15) is 10.6 Å². The van der Waals surface area contributed by atoms with Gasteiger partial charge in [-0.05, 0) is 35.9 Å². The van der Waals surface area contributed by atoms with E-state index in [1.807, 2.05) is 24.3 Å². The summed E-state index contributed by atoms with van der Waals surface area (Å²) in [5, 5.41) is 1.08. The molecule has 0 unspecified atom stereocenters. The molecule has 0 bridgehead atoms. The molecule has 0 amide bonds. The van der Waals surface area contributed by atoms with E-state index in [4.69, 9.17) is 16.3 Å². The van der Waals surface area contributed by atoms with Crippen molar-refractivity contribution in [2.75, 3.05) is 7.11 Å². The second-order valence-electron chi connectivity index (χ2n) is 4.77. The zero-order valence-electron chi connectivity index (χ0n) is 12.5. The van der Waals surface area contributed by atoms with Crippen molar-refractivity contribution < 1.29 is 18.3 Å². The van der Waals surface area contributed by atoms with E-state index >= 15 is 0 Å². The lowest BCUT2D eigenvalue weighted by Gasteiger charge is -2.10. The Bertz CT molecular complexity index is 862. The van der Waals surface area contributed by atoms with Gasteiger partial charge in [-0.1, -0.05) is 29.8 Å². The van der Waals surface area contributed by atoms with Crippen LogP contribution < -0.4 is 9.47 Å². The second kappa shape index (κ2) is 7.15. The van der Waals surface area contributed by atoms with E-state index in [1.54, 1.807) is 18.2 Å². The van der Waals surface area contributed by atoms with Crippen LogP contribution in [0, 0.1) is 0 Å². The molecule has 0 radical (unpaired) electrons. The van der Waals surface area contributed by atoms with Crippen LogP contribution >= 0.6 is 22.9 Å². The number of hydrogen-bond donors (Lipinski definition) is 0. The predicted molar refractivity (Wildman–Crippen MR) is 93.0 cm³/mol. The normalized spacial score (nSPS) is 12.0. The lowest BCUT2D eigenvalue weighted by Crippen LogP contribution is -2.03. The van der Waals surface area contributed by atoms with Gasteiger partial charge in [0.1, 0.15) is 5.01 Å². The van der Waals surface area contributed by atoms with Crippen LogP contribution in [-0.4, -0.2) is 18.7 Å². The van der Waals surface area contributed by atoms with Crippen LogP contribution in [0.25, 0.3) is 21.3 Å². The first-order chi connectivity index (χ1) is 11.6. The first-order valence-corrected chi connectivity index (χ1v) is 8.12. The number of halogens is 3. The molecule has 0 aliphatic rings. The van der Waals surface area contributed by atoms with Crippen molar-refractivity contribution in [2.24, 2.45) is 0 Å². The number of thiazole rings is 1. The van der Waals surface area contributed by atoms with Crippen LogP contribution in [0.4, 0.5) is 8.78 Å². The van der Waals surface area contributed by atoms with Gasteiger partial charge >= 0.3 is 6.61 Å². The average Bonchev–Trinajstić information content (AvgIpc) is 2.99. The molecule has 0 saturated carbocycles. The highest BCUT2D eigenvalue weighted by molar-refractivity contribution is 7.20. The second-order valence-corrected chi connectivity index (χ2v) is 6.21. The fraction of sp³-hybridized carbons (Fsp3) is 0.118. The molecule has 0 aliphatic carbocycles. The maximum Gasteiger partial charge on any atom is 0.387 e. The summed E-state index contributed by atoms with van der Waals surface area (Å²) in [7, 11) is 1.39. The SMILES string of the molecule is COc1ccc(/C=C(\Cl)c2nc3ccccc3s2)cc1OC(F)F. The predicted octanol–water partition coefficient (Wildman–Crippen LogP) is 5.64. The van der Waals surface area contributed by atoms with Crippen molar-refractivity contribution in [2.45, 2.75) is 6.61 Å². The Hall–Kier alpha value is -2.18. The minimum atomic E-state index is -2.93. The van der Waals surface area contributed by atoms with Crippen molar-refractivity contribution in [3.63, 3.8) is 0 Å². The number of para-hydroxylation sites is 1. The Morgan fingerprint density at radius 2 is 2.00 bits per heavy atom. The number of alkyl halides is 2. The number of methoxy groups -OCH3 is 1. The zero-order chi connectivity index (χ0) is 17.1. The molecule has 0 aliphatic heterocycles. The third-order valence-corrected chi connectivity index (χ3v) is 4.67. The number of nitrogens with zero attached hydrogens (tertiary/aromatic N) is 1. The van der Waals surface area contributed by atoms with Crippen LogP contribution in [0.5, 0.6) is 11.5 Å². The van der Waals surface area contributed by atoms with Crippen LogP contribution in [0.3, 0.4) is 0 Å². The Balaban J connectivity index is 1.94. The first kappa shape index (κ1) is 16.7. The van der Waals surface area contributed by atoms with Crippen molar-refractivity contribution in [3.05, 3.63) is 53.0 Å². The maximum atomic E-state index is 12.5. The van der Waals surface area contributed by atoms with Crippen molar-refractivity contribution in [1.29, 1.82) is 0 Å². The van der Waals surface area contributed by atoms with Gasteiger partial charge in [-0.25, -0.2) is 4.98 Å². The van der Waals surface area contributed by atoms with Gasteiger partial charge in [0.15, 0.2) is 11.5 Å². The molecule has 0 atom stereocenters. The van der Waals surface area contributed by atoms with Gasteiger partial charge in [-0.3, -0.25) is 0 Å². The van der Waals surface area contributed by atoms with E-state index in [9.17, 15) is 8.78 Å². The fourth-order valence-corrected chi connectivity index (χ4v) is 3.31. The summed E-state index contributed by atoms with van der Waals surface area (Å²) in [4.78, 5) is 4.46. The largest absolute Gasteiger partial charge is 0.493 e. The minimum absolute atomic E-state index is 0.0463. The van der Waals surface area contributed by atoms with E-state index in [-0.39, 0.29) is 11.5 Å². The third kappa shape index (κ3) is 3.66. The van der Waals surface area contributed by atoms with Gasteiger partial charge in [-0.2, -0.15) is 8.78 Å². The molecule has 3 nitrogen and oxygen atoms in total. The number of ether oxygens (including phenoxy) is 2. The number of benzene rings is 2. The standard InChI is InChI=1S/C17H12ClF2NO2S/c1-22-13-7-6-10(9-14(13)23-17(19)20)8-11(18)16-21-12-4-2-3-5-15(12)24-16/h2-9,17H,1H3/b11-8-. The minimum Gasteiger partial charge on any atom is -0.493 e. The highest BCUT2D eigenvalue weighted by atomic mass is 35.5. The third-order valence-electron chi connectivity index (χ3n) is 3.20. The molecule has 3 rings (SSSR count). The lowest BCUT2D eigenvalue weighted by atomic mass is 10.2. The Morgan fingerprint density at radius 1 is 1.21 bits per heavy atom. The van der Waals surface area contributed by atoms with Crippen LogP contribution in [-0.2, 0) is 0 Å². The molecule has 3 aromatic rings. The van der Waals surface area contributed by atoms with Crippen molar-refractivity contribution in [1.82, 2.24) is 4.98 Å². The first-order valence-electron chi connectivity index (χ1n) is 6.93. The zero-order valence-corrected chi connectivity index (χ0v) is 14.1. The molecule has 0 saturated heterocycles. The Morgan fingerprint density at radius 3 is 2.71 bits per heavy atom. The summed E-state index contributed by atoms with van der Waals surface area (Å²) in [6.07, 6.45) is 1.65. The lowest BCUT2D eigenvalue weighted by molar-refractivity contribution is -0.0512. The van der Waals surface area contributed by atoms with E-state index in [2.05, 4.69) is 9.72 Å². The fourth-order valence-electron chi connectivity index (χ4n) is 2.15. The van der Waals surface area contributed by atoms with E-state index in [0.29, 0.717) is 15.6 Å². The average molecular weight is 368 g/mol. The van der Waals surface area contributed by atoms with Gasteiger partial charge in [-0.15, -0.1) is 11.3 Å². The summed E-state index contributed by atoms with van der Waals surface area (Å²) in [6, 6.07) is 12.4. The molecule has 1 aromatic heterocycles. The summed E-state index contributed by atoms with van der Waals surface area (Å²) in [5.74, 6) is 0.179. The summed E-state index contributed by atoms with van der Waals surface area (Å²) < 4.78 is 35.5. The van der Waals surface area contributed by atoms with Gasteiger partial charge in [0.05, 0.1) is 22.4 Å². The summed E-state index contributed by atoms with van der Waals surface area (Å²) >= 11 is 7.79. The summed E-state index contributed by atoms with van der Waals surface area (Å²) in [6.45, 7) is -2.93. The smallest absolute Gasteiger partial charge is 0.387 e. The van der Waals surface area contributed by atoms with Gasteiger partial charge in [0.2, 0.25) is 0 Å². The molecular weight excluding hydrogens is 356 g/mol. The molecule has 0 N–H and O–H groups in total. The van der Waals surface area contributed by atoms with E-state index in [1.165, 1.54) is 24.5 Å². The molecule has 0 fully saturated rings. The molecule has 124 valence electrons. The number of hydrogen-bond acceptors (Lipinski definition) is 4. The van der Waals surface area contributed by atoms with E-state index in [0.717, 1.165) is 10.2 Å². The Kier molecular flexibility index (Phi) is 4.97. The topological polar surface area (TPSA) is 31.4 Å². The monoisotopic (exact) mass is 367 g/mol. The Labute approximate surface area is 146 Å². The van der Waals surface area contributed by atoms with Crippen molar-refractivity contribution in [3.8, 4) is 11.5 Å². The van der Waals surface area contributed by atoms with Crippen LogP contribution in [0.2, 0.25) is 0 Å². The van der Waals surface area contributed by atoms with Gasteiger partial charge in [0, 0.05) is 0 Å². The molecule has 0 spiro atoms. The molecule has 7 heteroatoms. The molecule has 1 heterocycles.